The monoisotopic (exact) mass is 491 g/mol. The van der Waals surface area contributed by atoms with E-state index in [0.29, 0.717) is 19.6 Å². The zero-order valence-electron chi connectivity index (χ0n) is 20.4. The Morgan fingerprint density at radius 2 is 2.03 bits per heavy atom. The maximum absolute atomic E-state index is 13.4. The number of hydrogen-bond donors (Lipinski definition) is 1. The predicted molar refractivity (Wildman–Crippen MR) is 138 cm³/mol. The highest BCUT2D eigenvalue weighted by atomic mass is 32.1. The van der Waals surface area contributed by atoms with Crippen molar-refractivity contribution in [2.45, 2.75) is 58.6 Å². The van der Waals surface area contributed by atoms with Crippen LogP contribution in [0.25, 0.3) is 6.08 Å². The van der Waals surface area contributed by atoms with Crippen molar-refractivity contribution >= 4 is 29.2 Å². The molecule has 184 valence electrons. The van der Waals surface area contributed by atoms with Crippen LogP contribution in [0.15, 0.2) is 58.5 Å². The van der Waals surface area contributed by atoms with Crippen LogP contribution in [0, 0.1) is 17.8 Å². The Kier molecular flexibility index (Phi) is 6.94. The Morgan fingerprint density at radius 3 is 2.77 bits per heavy atom. The lowest BCUT2D eigenvalue weighted by atomic mass is 9.70. The minimum absolute atomic E-state index is 0.000342. The summed E-state index contributed by atoms with van der Waals surface area (Å²) < 4.78 is 6.30. The van der Waals surface area contributed by atoms with Gasteiger partial charge in [0.2, 0.25) is 11.8 Å². The highest BCUT2D eigenvalue weighted by Crippen LogP contribution is 2.50. The molecule has 1 aromatic carbocycles. The minimum Gasteiger partial charge on any atom is -0.508 e. The molecule has 2 saturated heterocycles. The van der Waals surface area contributed by atoms with Crippen molar-refractivity contribution in [1.29, 1.82) is 0 Å². The fraction of sp³-hybridized carbons (Fsp3) is 0.448. The van der Waals surface area contributed by atoms with Crippen LogP contribution in [0.5, 0.6) is 5.75 Å². The average molecular weight is 492 g/mol. The molecule has 5 rings (SSSR count). The van der Waals surface area contributed by atoms with Gasteiger partial charge in [0, 0.05) is 10.8 Å². The maximum atomic E-state index is 13.4. The Bertz CT molecular complexity index is 1170. The van der Waals surface area contributed by atoms with Gasteiger partial charge in [-0.3, -0.25) is 14.5 Å². The van der Waals surface area contributed by atoms with E-state index in [-0.39, 0.29) is 41.4 Å². The number of imide groups is 1. The van der Waals surface area contributed by atoms with Gasteiger partial charge in [-0.1, -0.05) is 48.8 Å². The molecule has 1 N–H and O–H groups in total. The topological polar surface area (TPSA) is 66.8 Å². The van der Waals surface area contributed by atoms with Gasteiger partial charge in [0.25, 0.3) is 0 Å². The fourth-order valence-electron chi connectivity index (χ4n) is 6.17. The fourth-order valence-corrected chi connectivity index (χ4v) is 6.86. The highest BCUT2D eigenvalue weighted by molar-refractivity contribution is 7.09. The first-order valence-corrected chi connectivity index (χ1v) is 13.5. The van der Waals surface area contributed by atoms with E-state index in [0.717, 1.165) is 36.1 Å². The standard InChI is InChI=1S/C29H33NO4S/c1-3-6-19(14-20-7-4-8-21(31)15-20)10-11-25-26-18(2)13-23-27(24(26)17-34-25)29(33)30(28(23)32)16-22-9-5-12-35-22/h4-5,7-9,12,14-15,23-25,27,31H,3,6,10-11,13,16-17H2,1-2H3/b19-14+/t23-,24+,25-,27-/m1/s1. The average Bonchev–Trinajstić information content (AvgIpc) is 3.55. The van der Waals surface area contributed by atoms with Gasteiger partial charge >= 0.3 is 0 Å². The molecule has 0 spiro atoms. The number of aromatic hydroxyl groups is 1. The van der Waals surface area contributed by atoms with Crippen LogP contribution in [0.4, 0.5) is 0 Å². The number of rotatable bonds is 8. The third-order valence-corrected chi connectivity index (χ3v) is 8.54. The number of phenols is 1. The number of ether oxygens (including phenoxy) is 1. The molecule has 4 atom stereocenters. The van der Waals surface area contributed by atoms with Crippen molar-refractivity contribution in [2.75, 3.05) is 6.61 Å². The number of phenolic OH excluding ortho intramolecular Hbond substituents is 1. The van der Waals surface area contributed by atoms with E-state index in [1.54, 1.807) is 23.5 Å². The molecule has 0 unspecified atom stereocenters. The summed E-state index contributed by atoms with van der Waals surface area (Å²) in [5, 5.41) is 11.8. The lowest BCUT2D eigenvalue weighted by Gasteiger charge is -2.30. The van der Waals surface area contributed by atoms with Gasteiger partial charge in [0.1, 0.15) is 5.75 Å². The van der Waals surface area contributed by atoms with Crippen LogP contribution >= 0.6 is 11.3 Å². The van der Waals surface area contributed by atoms with E-state index in [2.05, 4.69) is 19.9 Å². The zero-order chi connectivity index (χ0) is 24.5. The van der Waals surface area contributed by atoms with Gasteiger partial charge in [-0.25, -0.2) is 0 Å². The molecular weight excluding hydrogens is 458 g/mol. The molecule has 0 radical (unpaired) electrons. The zero-order valence-corrected chi connectivity index (χ0v) is 21.2. The molecule has 3 aliphatic rings. The number of carbonyl (C=O) groups excluding carboxylic acids is 2. The van der Waals surface area contributed by atoms with Crippen LogP contribution in [-0.2, 0) is 20.9 Å². The van der Waals surface area contributed by atoms with Gasteiger partial charge < -0.3 is 9.84 Å². The number of thiophene rings is 1. The quantitative estimate of drug-likeness (QED) is 0.366. The van der Waals surface area contributed by atoms with Crippen molar-refractivity contribution in [2.24, 2.45) is 17.8 Å². The van der Waals surface area contributed by atoms with Gasteiger partial charge in [-0.05, 0) is 67.3 Å². The summed E-state index contributed by atoms with van der Waals surface area (Å²) in [5.41, 5.74) is 4.84. The molecule has 5 nitrogen and oxygen atoms in total. The SMILES string of the molecule is CCC/C(=C\c1cccc(O)c1)CC[C@H]1OC[C@H]2C1=C(C)C[C@H]1C(=O)N(Cc3cccs3)C(=O)[C@H]12. The molecule has 0 saturated carbocycles. The number of amides is 2. The van der Waals surface area contributed by atoms with E-state index in [1.165, 1.54) is 21.6 Å². The normalized spacial score (nSPS) is 26.5. The maximum Gasteiger partial charge on any atom is 0.234 e. The van der Waals surface area contributed by atoms with Gasteiger partial charge in [-0.2, -0.15) is 0 Å². The number of fused-ring (bicyclic) bond motifs is 3. The van der Waals surface area contributed by atoms with Gasteiger partial charge in [-0.15, -0.1) is 11.3 Å². The second kappa shape index (κ2) is 10.1. The smallest absolute Gasteiger partial charge is 0.234 e. The lowest BCUT2D eigenvalue weighted by molar-refractivity contribution is -0.140. The molecule has 1 aromatic heterocycles. The summed E-state index contributed by atoms with van der Waals surface area (Å²) in [5.74, 6) is -0.298. The van der Waals surface area contributed by atoms with Crippen LogP contribution in [-0.4, -0.2) is 34.5 Å². The third kappa shape index (κ3) is 4.74. The van der Waals surface area contributed by atoms with Crippen LogP contribution < -0.4 is 0 Å². The molecule has 3 heterocycles. The molecule has 2 amide bonds. The van der Waals surface area contributed by atoms with E-state index in [4.69, 9.17) is 4.74 Å². The number of likely N-dealkylation sites (tertiary alicyclic amines) is 1. The first-order valence-electron chi connectivity index (χ1n) is 12.6. The van der Waals surface area contributed by atoms with E-state index in [1.807, 2.05) is 29.6 Å². The van der Waals surface area contributed by atoms with Crippen molar-refractivity contribution < 1.29 is 19.4 Å². The van der Waals surface area contributed by atoms with E-state index >= 15 is 0 Å². The second-order valence-electron chi connectivity index (χ2n) is 10.0. The molecular formula is C29H33NO4S. The molecule has 0 bridgehead atoms. The van der Waals surface area contributed by atoms with E-state index in [9.17, 15) is 14.7 Å². The van der Waals surface area contributed by atoms with E-state index < -0.39 is 0 Å². The van der Waals surface area contributed by atoms with Gasteiger partial charge in [0.15, 0.2) is 0 Å². The molecule has 1 aliphatic carbocycles. The van der Waals surface area contributed by atoms with Crippen molar-refractivity contribution in [3.8, 4) is 5.75 Å². The highest BCUT2D eigenvalue weighted by Gasteiger charge is 2.56. The van der Waals surface area contributed by atoms with Crippen molar-refractivity contribution in [3.63, 3.8) is 0 Å². The summed E-state index contributed by atoms with van der Waals surface area (Å²) in [7, 11) is 0. The Labute approximate surface area is 211 Å². The number of carbonyl (C=O) groups is 2. The number of hydrogen-bond acceptors (Lipinski definition) is 5. The predicted octanol–water partition coefficient (Wildman–Crippen LogP) is 5.95. The molecule has 35 heavy (non-hydrogen) atoms. The molecule has 6 heteroatoms. The van der Waals surface area contributed by atoms with Crippen molar-refractivity contribution in [1.82, 2.24) is 4.90 Å². The second-order valence-corrected chi connectivity index (χ2v) is 11.1. The van der Waals surface area contributed by atoms with Gasteiger partial charge in [0.05, 0.1) is 31.1 Å². The first-order chi connectivity index (χ1) is 17.0. The van der Waals surface area contributed by atoms with Crippen LogP contribution in [0.1, 0.15) is 56.4 Å². The van der Waals surface area contributed by atoms with Crippen LogP contribution in [0.2, 0.25) is 0 Å². The summed E-state index contributed by atoms with van der Waals surface area (Å²) in [4.78, 5) is 29.1. The minimum atomic E-state index is -0.288. The molecule has 2 fully saturated rings. The largest absolute Gasteiger partial charge is 0.508 e. The first kappa shape index (κ1) is 24.0. The Hall–Kier alpha value is -2.70. The third-order valence-electron chi connectivity index (χ3n) is 7.68. The van der Waals surface area contributed by atoms with Crippen LogP contribution in [0.3, 0.4) is 0 Å². The number of allylic oxidation sites excluding steroid dienone is 2. The Balaban J connectivity index is 1.31. The number of benzene rings is 1. The lowest BCUT2D eigenvalue weighted by Crippen LogP contribution is -2.34. The number of nitrogens with zero attached hydrogens (tertiary/aromatic N) is 1. The summed E-state index contributed by atoms with van der Waals surface area (Å²) in [6.07, 6.45) is 6.66. The summed E-state index contributed by atoms with van der Waals surface area (Å²) in [6, 6.07) is 11.3. The summed E-state index contributed by atoms with van der Waals surface area (Å²) >= 11 is 1.58. The molecule has 2 aromatic rings. The van der Waals surface area contributed by atoms with Crippen molar-refractivity contribution in [3.05, 3.63) is 68.9 Å². The molecule has 2 aliphatic heterocycles. The Morgan fingerprint density at radius 1 is 1.17 bits per heavy atom. The summed E-state index contributed by atoms with van der Waals surface area (Å²) in [6.45, 7) is 5.20.